The number of hydrogen-bond donors (Lipinski definition) is 1. The van der Waals surface area contributed by atoms with Crippen molar-refractivity contribution in [3.63, 3.8) is 0 Å². The highest BCUT2D eigenvalue weighted by Gasteiger charge is 2.41. The minimum atomic E-state index is -2.60. The van der Waals surface area contributed by atoms with Crippen LogP contribution in [0.15, 0.2) is 158 Å². The second-order valence-corrected chi connectivity index (χ2v) is 25.9. The van der Waals surface area contributed by atoms with E-state index in [4.69, 9.17) is 0 Å². The molecule has 0 fully saturated rings. The molecule has 2 aliphatic carbocycles. The van der Waals surface area contributed by atoms with Crippen LogP contribution < -0.4 is 10.1 Å². The van der Waals surface area contributed by atoms with Crippen LogP contribution in [0.1, 0.15) is 88.1 Å². The van der Waals surface area contributed by atoms with Crippen molar-refractivity contribution >= 4 is 65.4 Å². The fourth-order valence-electron chi connectivity index (χ4n) is 10.5. The molecule has 0 aliphatic heterocycles. The van der Waals surface area contributed by atoms with E-state index >= 15 is 0 Å². The first kappa shape index (κ1) is 41.4. The van der Waals surface area contributed by atoms with Gasteiger partial charge in [0.05, 0.1) is 0 Å². The van der Waals surface area contributed by atoms with Crippen LogP contribution in [-0.2, 0) is 10.8 Å². The molecule has 0 saturated heterocycles. The third-order valence-corrected chi connectivity index (χ3v) is 21.2. The third-order valence-electron chi connectivity index (χ3n) is 14.1. The topological polar surface area (TPSA) is 23.5 Å². The highest BCUT2D eigenvalue weighted by molar-refractivity contribution is 7.24. The van der Waals surface area contributed by atoms with Crippen molar-refractivity contribution < 1.29 is 4.80 Å². The first-order valence-electron chi connectivity index (χ1n) is 22.4. The van der Waals surface area contributed by atoms with Gasteiger partial charge in [0.25, 0.3) is 0 Å². The standard InChI is InChI=1S/C58H55NOS2Si/c1-37(2)63(60,38(3)4)45-15-13-14-39(34-45)20-27-44-28-31-55(61-44)56-33-32-54(62-56)40-21-23-41(24-22-40)59(42-25-29-48-46-16-9-11-18-50(46)57(5,6)52(48)35-42)43-26-30-49-47-17-10-12-19-51(47)58(7,8)53(49)36-43/h9-38,60H,1-8H3. The largest absolute Gasteiger partial charge is 0.427 e. The molecular weight excluding hydrogens is 819 g/mol. The predicted octanol–water partition coefficient (Wildman–Crippen LogP) is 16.4. The normalized spacial score (nSPS) is 14.6. The number of thiophene rings is 2. The van der Waals surface area contributed by atoms with E-state index in [9.17, 15) is 4.80 Å². The van der Waals surface area contributed by atoms with E-state index in [2.05, 4.69) is 230 Å². The molecule has 314 valence electrons. The van der Waals surface area contributed by atoms with Gasteiger partial charge >= 0.3 is 0 Å². The summed E-state index contributed by atoms with van der Waals surface area (Å²) >= 11 is 3.67. The van der Waals surface area contributed by atoms with Gasteiger partial charge in [0.1, 0.15) is 0 Å². The monoisotopic (exact) mass is 873 g/mol. The maximum absolute atomic E-state index is 11.7. The van der Waals surface area contributed by atoms with Gasteiger partial charge in [-0.25, -0.2) is 0 Å². The number of fused-ring (bicyclic) bond motifs is 6. The molecular formula is C58H55NOS2Si. The third kappa shape index (κ3) is 6.92. The Labute approximate surface area is 383 Å². The Hall–Kier alpha value is -5.56. The molecule has 2 nitrogen and oxygen atoms in total. The van der Waals surface area contributed by atoms with Gasteiger partial charge in [0.2, 0.25) is 8.32 Å². The summed E-state index contributed by atoms with van der Waals surface area (Å²) in [5, 5.41) is 1.12. The SMILES string of the molecule is CC(C)[Si](O)(c1cccc(C=Cc2ccc(-c3ccc(-c4ccc(N(c5ccc6c(c5)C(C)(C)c5ccccc5-6)c5ccc6c(c5)C(C)(C)c5ccccc5-6)cc4)s3)s2)c1)C(C)C. The van der Waals surface area contributed by atoms with E-state index in [1.165, 1.54) is 81.0 Å². The molecule has 2 heterocycles. The molecule has 0 atom stereocenters. The van der Waals surface area contributed by atoms with Crippen molar-refractivity contribution in [3.8, 4) is 42.4 Å². The zero-order valence-corrected chi connectivity index (χ0v) is 40.2. The van der Waals surface area contributed by atoms with Crippen molar-refractivity contribution in [3.05, 3.63) is 190 Å². The van der Waals surface area contributed by atoms with Gasteiger partial charge in [-0.3, -0.25) is 0 Å². The summed E-state index contributed by atoms with van der Waals surface area (Å²) in [6.07, 6.45) is 4.39. The lowest BCUT2D eigenvalue weighted by Crippen LogP contribution is -2.53. The zero-order chi connectivity index (χ0) is 43.8. The van der Waals surface area contributed by atoms with Crippen LogP contribution in [0.3, 0.4) is 0 Å². The maximum Gasteiger partial charge on any atom is 0.225 e. The van der Waals surface area contributed by atoms with E-state index < -0.39 is 8.32 Å². The molecule has 0 amide bonds. The molecule has 2 aliphatic rings. The van der Waals surface area contributed by atoms with Gasteiger partial charge in [0, 0.05) is 47.4 Å². The number of hydrogen-bond acceptors (Lipinski definition) is 4. The zero-order valence-electron chi connectivity index (χ0n) is 37.5. The van der Waals surface area contributed by atoms with Crippen LogP contribution in [0, 0.1) is 0 Å². The van der Waals surface area contributed by atoms with Crippen molar-refractivity contribution in [2.45, 2.75) is 77.3 Å². The van der Waals surface area contributed by atoms with Gasteiger partial charge in [-0.1, -0.05) is 159 Å². The van der Waals surface area contributed by atoms with Gasteiger partial charge in [0.15, 0.2) is 0 Å². The number of anilines is 3. The molecule has 2 aromatic heterocycles. The summed E-state index contributed by atoms with van der Waals surface area (Å²) in [6, 6.07) is 58.7. The Kier molecular flexibility index (Phi) is 10.3. The molecule has 1 N–H and O–H groups in total. The molecule has 0 unspecified atom stereocenters. The minimum Gasteiger partial charge on any atom is -0.427 e. The fraction of sp³-hybridized carbons (Fsp3) is 0.207. The minimum absolute atomic E-state index is 0.0996. The Morgan fingerprint density at radius 3 is 1.57 bits per heavy atom. The number of rotatable bonds is 10. The second kappa shape index (κ2) is 15.6. The quantitative estimate of drug-likeness (QED) is 0.138. The highest BCUT2D eigenvalue weighted by Crippen LogP contribution is 2.53. The van der Waals surface area contributed by atoms with E-state index in [0.29, 0.717) is 0 Å². The van der Waals surface area contributed by atoms with Gasteiger partial charge in [-0.15, -0.1) is 22.7 Å². The van der Waals surface area contributed by atoms with E-state index in [1.54, 1.807) is 0 Å². The highest BCUT2D eigenvalue weighted by atomic mass is 32.1. The first-order valence-corrected chi connectivity index (χ1v) is 26.1. The van der Waals surface area contributed by atoms with Crippen LogP contribution in [0.4, 0.5) is 17.1 Å². The lowest BCUT2D eigenvalue weighted by molar-refractivity contribution is 0.513. The van der Waals surface area contributed by atoms with Crippen molar-refractivity contribution in [2.24, 2.45) is 0 Å². The van der Waals surface area contributed by atoms with Gasteiger partial charge in [-0.2, -0.15) is 0 Å². The summed E-state index contributed by atoms with van der Waals surface area (Å²) in [5.74, 6) is 0. The summed E-state index contributed by atoms with van der Waals surface area (Å²) in [6.45, 7) is 18.1. The van der Waals surface area contributed by atoms with Crippen LogP contribution in [0.2, 0.25) is 11.1 Å². The smallest absolute Gasteiger partial charge is 0.225 e. The van der Waals surface area contributed by atoms with E-state index in [1.807, 2.05) is 22.7 Å². The van der Waals surface area contributed by atoms with Crippen LogP contribution in [0.25, 0.3) is 54.6 Å². The maximum atomic E-state index is 11.7. The Bertz CT molecular complexity index is 2940. The molecule has 6 aromatic carbocycles. The van der Waals surface area contributed by atoms with Crippen molar-refractivity contribution in [2.75, 3.05) is 4.90 Å². The van der Waals surface area contributed by atoms with Crippen LogP contribution >= 0.6 is 22.7 Å². The molecule has 8 aromatic rings. The second-order valence-electron chi connectivity index (χ2n) is 19.1. The lowest BCUT2D eigenvalue weighted by atomic mass is 9.82. The fourth-order valence-corrected chi connectivity index (χ4v) is 15.9. The number of nitrogens with zero attached hydrogens (tertiary/aromatic N) is 1. The Morgan fingerprint density at radius 1 is 0.476 bits per heavy atom. The molecule has 5 heteroatoms. The van der Waals surface area contributed by atoms with Crippen molar-refractivity contribution in [1.29, 1.82) is 0 Å². The van der Waals surface area contributed by atoms with Crippen LogP contribution in [0.5, 0.6) is 0 Å². The van der Waals surface area contributed by atoms with E-state index in [-0.39, 0.29) is 21.9 Å². The Balaban J connectivity index is 0.954. The first-order chi connectivity index (χ1) is 30.2. The van der Waals surface area contributed by atoms with Gasteiger partial charge < -0.3 is 9.70 Å². The average Bonchev–Trinajstić information content (AvgIpc) is 4.07. The molecule has 0 bridgehead atoms. The van der Waals surface area contributed by atoms with Gasteiger partial charge in [-0.05, 0) is 139 Å². The van der Waals surface area contributed by atoms with E-state index in [0.717, 1.165) is 16.4 Å². The Morgan fingerprint density at radius 2 is 0.984 bits per heavy atom. The summed E-state index contributed by atoms with van der Waals surface area (Å²) in [5.41, 5.74) is 17.0. The average molecular weight is 874 g/mol. The van der Waals surface area contributed by atoms with Crippen molar-refractivity contribution in [1.82, 2.24) is 0 Å². The summed E-state index contributed by atoms with van der Waals surface area (Å²) in [7, 11) is -2.60. The van der Waals surface area contributed by atoms with Crippen LogP contribution in [-0.4, -0.2) is 13.1 Å². The molecule has 10 rings (SSSR count). The molecule has 0 radical (unpaired) electrons. The number of benzene rings is 6. The lowest BCUT2D eigenvalue weighted by Gasteiger charge is -2.33. The molecule has 0 saturated carbocycles. The predicted molar refractivity (Wildman–Crippen MR) is 276 cm³/mol. The molecule has 0 spiro atoms. The summed E-state index contributed by atoms with van der Waals surface area (Å²) < 4.78 is 0. The summed E-state index contributed by atoms with van der Waals surface area (Å²) in [4.78, 5) is 19.2. The molecule has 63 heavy (non-hydrogen) atoms.